The van der Waals surface area contributed by atoms with Gasteiger partial charge in [-0.15, -0.1) is 11.3 Å². The number of aryl methyl sites for hydroxylation is 1. The molecule has 1 aromatic carbocycles. The zero-order valence-electron chi connectivity index (χ0n) is 16.3. The number of aromatic nitrogens is 1. The number of amides is 1. The van der Waals surface area contributed by atoms with Crippen molar-refractivity contribution in [3.05, 3.63) is 40.9 Å². The Hall–Kier alpha value is -2.21. The summed E-state index contributed by atoms with van der Waals surface area (Å²) in [6, 6.07) is 10.1. The van der Waals surface area contributed by atoms with Crippen LogP contribution in [0.4, 0.5) is 0 Å². The first-order chi connectivity index (χ1) is 12.9. The van der Waals surface area contributed by atoms with E-state index < -0.39 is 12.1 Å². The van der Waals surface area contributed by atoms with Crippen molar-refractivity contribution in [2.45, 2.75) is 65.1 Å². The topological polar surface area (TPSA) is 59.5 Å². The summed E-state index contributed by atoms with van der Waals surface area (Å²) in [5.41, 5.74) is 1.59. The number of piperidine rings is 1. The van der Waals surface area contributed by atoms with Crippen LogP contribution in [0.3, 0.4) is 0 Å². The van der Waals surface area contributed by atoms with Gasteiger partial charge >= 0.3 is 5.97 Å². The second kappa shape index (κ2) is 8.21. The van der Waals surface area contributed by atoms with Gasteiger partial charge < -0.3 is 9.64 Å². The number of esters is 1. The van der Waals surface area contributed by atoms with Crippen LogP contribution >= 0.6 is 11.3 Å². The molecule has 0 N–H and O–H groups in total. The minimum Gasteiger partial charge on any atom is -0.448 e. The molecule has 0 bridgehead atoms. The van der Waals surface area contributed by atoms with Crippen molar-refractivity contribution in [1.82, 2.24) is 9.88 Å². The maximum atomic E-state index is 12.8. The molecule has 6 heteroatoms. The van der Waals surface area contributed by atoms with Crippen LogP contribution in [0.1, 0.15) is 55.4 Å². The molecule has 0 saturated carbocycles. The molecule has 0 spiro atoms. The molecule has 1 aliphatic heterocycles. The average molecular weight is 387 g/mol. The van der Waals surface area contributed by atoms with E-state index in [-0.39, 0.29) is 18.0 Å². The number of ether oxygens (including phenoxy) is 1. The molecule has 3 rings (SSSR count). The molecule has 0 aliphatic carbocycles. The Labute approximate surface area is 164 Å². The summed E-state index contributed by atoms with van der Waals surface area (Å²) in [6.45, 7) is 7.56. The van der Waals surface area contributed by atoms with Crippen molar-refractivity contribution >= 4 is 23.2 Å². The third-order valence-electron chi connectivity index (χ3n) is 5.08. The van der Waals surface area contributed by atoms with Crippen molar-refractivity contribution in [3.63, 3.8) is 0 Å². The molecule has 0 unspecified atom stereocenters. The van der Waals surface area contributed by atoms with E-state index >= 15 is 0 Å². The first-order valence-corrected chi connectivity index (χ1v) is 10.3. The molecule has 2 aromatic rings. The lowest BCUT2D eigenvalue weighted by Crippen LogP contribution is -2.51. The maximum Gasteiger partial charge on any atom is 0.351 e. The highest BCUT2D eigenvalue weighted by molar-refractivity contribution is 7.17. The van der Waals surface area contributed by atoms with Crippen molar-refractivity contribution in [2.75, 3.05) is 0 Å². The highest BCUT2D eigenvalue weighted by atomic mass is 32.1. The van der Waals surface area contributed by atoms with Crippen LogP contribution in [-0.4, -0.2) is 39.9 Å². The quantitative estimate of drug-likeness (QED) is 0.728. The number of rotatable bonds is 4. The van der Waals surface area contributed by atoms with Gasteiger partial charge in [-0.1, -0.05) is 30.3 Å². The summed E-state index contributed by atoms with van der Waals surface area (Å²) in [7, 11) is 0. The number of hydrogen-bond donors (Lipinski definition) is 0. The van der Waals surface area contributed by atoms with Crippen LogP contribution < -0.4 is 0 Å². The fourth-order valence-corrected chi connectivity index (χ4v) is 4.57. The summed E-state index contributed by atoms with van der Waals surface area (Å²) in [4.78, 5) is 32.3. The Morgan fingerprint density at radius 3 is 2.44 bits per heavy atom. The summed E-state index contributed by atoms with van der Waals surface area (Å²) >= 11 is 1.30. The van der Waals surface area contributed by atoms with Crippen LogP contribution in [0.15, 0.2) is 30.3 Å². The lowest BCUT2D eigenvalue weighted by molar-refractivity contribution is -0.146. The van der Waals surface area contributed by atoms with E-state index in [9.17, 15) is 9.59 Å². The molecule has 2 heterocycles. The predicted molar refractivity (Wildman–Crippen MR) is 107 cm³/mol. The molecule has 1 fully saturated rings. The Bertz CT molecular complexity index is 808. The van der Waals surface area contributed by atoms with Gasteiger partial charge in [-0.2, -0.15) is 0 Å². The second-order valence-electron chi connectivity index (χ2n) is 7.22. The summed E-state index contributed by atoms with van der Waals surface area (Å²) in [5, 5.41) is 0.775. The number of carbonyl (C=O) groups is 2. The Kier molecular flexibility index (Phi) is 5.95. The molecule has 5 nitrogen and oxygen atoms in total. The lowest BCUT2D eigenvalue weighted by atomic mass is 9.97. The smallest absolute Gasteiger partial charge is 0.351 e. The minimum absolute atomic E-state index is 0.117. The lowest BCUT2D eigenvalue weighted by Gasteiger charge is -2.40. The van der Waals surface area contributed by atoms with Gasteiger partial charge in [0.25, 0.3) is 5.91 Å². The Balaban J connectivity index is 1.71. The number of hydrogen-bond acceptors (Lipinski definition) is 5. The van der Waals surface area contributed by atoms with E-state index in [1.807, 2.05) is 35.2 Å². The van der Waals surface area contributed by atoms with Gasteiger partial charge in [-0.05, 0) is 47.0 Å². The average Bonchev–Trinajstić information content (AvgIpc) is 3.04. The van der Waals surface area contributed by atoms with Gasteiger partial charge in [0.15, 0.2) is 6.10 Å². The minimum atomic E-state index is -0.804. The molecule has 1 aliphatic rings. The van der Waals surface area contributed by atoms with E-state index in [0.29, 0.717) is 10.6 Å². The molecular formula is C21H26N2O3S. The molecule has 3 atom stereocenters. The first kappa shape index (κ1) is 19.5. The van der Waals surface area contributed by atoms with E-state index in [4.69, 9.17) is 4.74 Å². The summed E-state index contributed by atoms with van der Waals surface area (Å²) in [5.74, 6) is -0.598. The van der Waals surface area contributed by atoms with Crippen LogP contribution in [0.25, 0.3) is 10.6 Å². The van der Waals surface area contributed by atoms with Gasteiger partial charge in [0, 0.05) is 17.6 Å². The number of benzene rings is 1. The van der Waals surface area contributed by atoms with Crippen molar-refractivity contribution in [1.29, 1.82) is 0 Å². The standard InChI is InChI=1S/C21H26N2O3S/c1-13-9-8-10-14(2)23(13)20(24)16(4)26-21(25)18-15(3)22-19(27-18)17-11-6-5-7-12-17/h5-7,11-14,16H,8-10H2,1-4H3/t13-,14-,16-/m0/s1. The van der Waals surface area contributed by atoms with Crippen LogP contribution in [0, 0.1) is 6.92 Å². The van der Waals surface area contributed by atoms with E-state index in [1.54, 1.807) is 13.8 Å². The largest absolute Gasteiger partial charge is 0.448 e. The molecule has 144 valence electrons. The van der Waals surface area contributed by atoms with Gasteiger partial charge in [0.2, 0.25) is 0 Å². The van der Waals surface area contributed by atoms with Crippen molar-refractivity contribution in [3.8, 4) is 10.6 Å². The van der Waals surface area contributed by atoms with Gasteiger partial charge in [-0.25, -0.2) is 9.78 Å². The summed E-state index contributed by atoms with van der Waals surface area (Å²) < 4.78 is 5.52. The fourth-order valence-electron chi connectivity index (χ4n) is 3.62. The molecule has 1 saturated heterocycles. The number of likely N-dealkylation sites (tertiary alicyclic amines) is 1. The number of thiazole rings is 1. The van der Waals surface area contributed by atoms with Gasteiger partial charge in [0.1, 0.15) is 9.88 Å². The van der Waals surface area contributed by atoms with Gasteiger partial charge in [0.05, 0.1) is 5.69 Å². The van der Waals surface area contributed by atoms with E-state index in [2.05, 4.69) is 18.8 Å². The van der Waals surface area contributed by atoms with E-state index in [1.165, 1.54) is 11.3 Å². The molecule has 1 aromatic heterocycles. The van der Waals surface area contributed by atoms with Gasteiger partial charge in [-0.3, -0.25) is 4.79 Å². The normalized spacial score (nSPS) is 21.0. The van der Waals surface area contributed by atoms with Crippen LogP contribution in [-0.2, 0) is 9.53 Å². The SMILES string of the molecule is Cc1nc(-c2ccccc2)sc1C(=O)O[C@@H](C)C(=O)N1[C@@H](C)CCC[C@@H]1C. The summed E-state index contributed by atoms with van der Waals surface area (Å²) in [6.07, 6.45) is 2.31. The second-order valence-corrected chi connectivity index (χ2v) is 8.22. The third kappa shape index (κ3) is 4.21. The fraction of sp³-hybridized carbons (Fsp3) is 0.476. The predicted octanol–water partition coefficient (Wildman–Crippen LogP) is 4.45. The maximum absolute atomic E-state index is 12.8. The molecule has 0 radical (unpaired) electrons. The zero-order chi connectivity index (χ0) is 19.6. The molecule has 27 heavy (non-hydrogen) atoms. The Morgan fingerprint density at radius 1 is 1.19 bits per heavy atom. The Morgan fingerprint density at radius 2 is 1.81 bits per heavy atom. The number of nitrogens with zero attached hydrogens (tertiary/aromatic N) is 2. The highest BCUT2D eigenvalue weighted by Gasteiger charge is 2.33. The number of carbonyl (C=O) groups excluding carboxylic acids is 2. The highest BCUT2D eigenvalue weighted by Crippen LogP contribution is 2.29. The van der Waals surface area contributed by atoms with Crippen molar-refractivity contribution in [2.24, 2.45) is 0 Å². The van der Waals surface area contributed by atoms with E-state index in [0.717, 1.165) is 29.8 Å². The molecular weight excluding hydrogens is 360 g/mol. The molecule has 1 amide bonds. The third-order valence-corrected chi connectivity index (χ3v) is 6.27. The first-order valence-electron chi connectivity index (χ1n) is 9.44. The van der Waals surface area contributed by atoms with Crippen LogP contribution in [0.2, 0.25) is 0 Å². The monoisotopic (exact) mass is 386 g/mol. The van der Waals surface area contributed by atoms with Crippen LogP contribution in [0.5, 0.6) is 0 Å². The zero-order valence-corrected chi connectivity index (χ0v) is 17.1. The van der Waals surface area contributed by atoms with Crippen molar-refractivity contribution < 1.29 is 14.3 Å².